The Balaban J connectivity index is 2.13. The third-order valence-corrected chi connectivity index (χ3v) is 4.71. The lowest BCUT2D eigenvalue weighted by Gasteiger charge is -2.09. The Hall–Kier alpha value is -0.960. The van der Waals surface area contributed by atoms with Crippen LogP contribution in [0.3, 0.4) is 0 Å². The van der Waals surface area contributed by atoms with Gasteiger partial charge in [-0.05, 0) is 54.3 Å². The van der Waals surface area contributed by atoms with E-state index in [1.54, 1.807) is 11.8 Å². The third-order valence-electron chi connectivity index (χ3n) is 3.20. The van der Waals surface area contributed by atoms with Crippen molar-refractivity contribution in [2.24, 2.45) is 5.73 Å². The van der Waals surface area contributed by atoms with Crippen LogP contribution in [-0.4, -0.2) is 6.54 Å². The third kappa shape index (κ3) is 4.02. The summed E-state index contributed by atoms with van der Waals surface area (Å²) in [5.41, 5.74) is 8.11. The zero-order valence-corrected chi connectivity index (χ0v) is 13.5. The summed E-state index contributed by atoms with van der Waals surface area (Å²) < 4.78 is 0. The van der Waals surface area contributed by atoms with Crippen LogP contribution in [-0.2, 0) is 6.42 Å². The van der Waals surface area contributed by atoms with Crippen molar-refractivity contribution in [3.63, 3.8) is 0 Å². The molecule has 106 valence electrons. The molecule has 2 aromatic carbocycles. The second-order valence-corrected chi connectivity index (χ2v) is 6.65. The van der Waals surface area contributed by atoms with Crippen LogP contribution in [0, 0.1) is 0 Å². The summed E-state index contributed by atoms with van der Waals surface area (Å²) in [5.74, 6) is 0.563. The van der Waals surface area contributed by atoms with Crippen LogP contribution in [0.1, 0.15) is 30.9 Å². The summed E-state index contributed by atoms with van der Waals surface area (Å²) in [5, 5.41) is 0.800. The summed E-state index contributed by atoms with van der Waals surface area (Å²) in [6.07, 6.45) is 0.869. The van der Waals surface area contributed by atoms with Gasteiger partial charge in [-0.2, -0.15) is 0 Å². The molecule has 0 saturated carbocycles. The summed E-state index contributed by atoms with van der Waals surface area (Å²) in [6, 6.07) is 14.9. The summed E-state index contributed by atoms with van der Waals surface area (Å²) in [6.45, 7) is 5.06. The van der Waals surface area contributed by atoms with E-state index in [9.17, 15) is 0 Å². The van der Waals surface area contributed by atoms with E-state index in [0.29, 0.717) is 12.5 Å². The first kappa shape index (κ1) is 15.4. The molecular formula is C17H20ClNS. The number of hydrogen-bond acceptors (Lipinski definition) is 2. The maximum absolute atomic E-state index is 6.34. The molecule has 0 saturated heterocycles. The minimum Gasteiger partial charge on any atom is -0.330 e. The van der Waals surface area contributed by atoms with Gasteiger partial charge in [-0.25, -0.2) is 0 Å². The standard InChI is InChI=1S/C17H20ClNS/c1-12(2)14-4-6-15(7-5-14)20-17-8-3-13(9-10-19)11-16(17)18/h3-8,11-12H,9-10,19H2,1-2H3. The molecule has 0 unspecified atom stereocenters. The van der Waals surface area contributed by atoms with Gasteiger partial charge in [0.25, 0.3) is 0 Å². The van der Waals surface area contributed by atoms with E-state index < -0.39 is 0 Å². The molecule has 2 rings (SSSR count). The monoisotopic (exact) mass is 305 g/mol. The number of rotatable bonds is 5. The molecule has 2 N–H and O–H groups in total. The highest BCUT2D eigenvalue weighted by molar-refractivity contribution is 7.99. The van der Waals surface area contributed by atoms with Crippen molar-refractivity contribution in [3.05, 3.63) is 58.6 Å². The zero-order chi connectivity index (χ0) is 14.5. The Morgan fingerprint density at radius 1 is 1.10 bits per heavy atom. The van der Waals surface area contributed by atoms with Crippen molar-refractivity contribution in [1.29, 1.82) is 0 Å². The van der Waals surface area contributed by atoms with Crippen LogP contribution in [0.25, 0.3) is 0 Å². The smallest absolute Gasteiger partial charge is 0.0548 e. The van der Waals surface area contributed by atoms with E-state index in [2.05, 4.69) is 50.2 Å². The minimum absolute atomic E-state index is 0.563. The Morgan fingerprint density at radius 3 is 2.35 bits per heavy atom. The molecule has 20 heavy (non-hydrogen) atoms. The van der Waals surface area contributed by atoms with Crippen molar-refractivity contribution >= 4 is 23.4 Å². The molecule has 0 amide bonds. The topological polar surface area (TPSA) is 26.0 Å². The predicted molar refractivity (Wildman–Crippen MR) is 88.9 cm³/mol. The molecule has 3 heteroatoms. The first-order valence-electron chi connectivity index (χ1n) is 6.86. The van der Waals surface area contributed by atoms with Gasteiger partial charge < -0.3 is 5.73 Å². The Kier molecular flexibility index (Phi) is 5.53. The van der Waals surface area contributed by atoms with Crippen molar-refractivity contribution in [2.45, 2.75) is 36.0 Å². The Bertz CT molecular complexity index is 564. The van der Waals surface area contributed by atoms with Gasteiger partial charge >= 0.3 is 0 Å². The van der Waals surface area contributed by atoms with Crippen molar-refractivity contribution in [2.75, 3.05) is 6.54 Å². The van der Waals surface area contributed by atoms with Crippen LogP contribution in [0.5, 0.6) is 0 Å². The van der Waals surface area contributed by atoms with Gasteiger partial charge in [0.05, 0.1) is 5.02 Å². The van der Waals surface area contributed by atoms with E-state index in [0.717, 1.165) is 16.3 Å². The molecular weight excluding hydrogens is 286 g/mol. The number of halogens is 1. The lowest BCUT2D eigenvalue weighted by molar-refractivity contribution is 0.865. The Labute approximate surface area is 130 Å². The lowest BCUT2D eigenvalue weighted by Crippen LogP contribution is -2.02. The fourth-order valence-electron chi connectivity index (χ4n) is 2.00. The molecule has 0 aliphatic rings. The van der Waals surface area contributed by atoms with Crippen molar-refractivity contribution < 1.29 is 0 Å². The van der Waals surface area contributed by atoms with Gasteiger partial charge in [0.1, 0.15) is 0 Å². The van der Waals surface area contributed by atoms with Crippen molar-refractivity contribution in [3.8, 4) is 0 Å². The van der Waals surface area contributed by atoms with Crippen LogP contribution < -0.4 is 5.73 Å². The average Bonchev–Trinajstić information content (AvgIpc) is 2.43. The fourth-order valence-corrected chi connectivity index (χ4v) is 3.13. The van der Waals surface area contributed by atoms with Crippen LogP contribution in [0.2, 0.25) is 5.02 Å². The largest absolute Gasteiger partial charge is 0.330 e. The van der Waals surface area contributed by atoms with E-state index in [-0.39, 0.29) is 0 Å². The zero-order valence-electron chi connectivity index (χ0n) is 11.9. The molecule has 0 bridgehead atoms. The van der Waals surface area contributed by atoms with Gasteiger partial charge in [-0.15, -0.1) is 0 Å². The molecule has 1 nitrogen and oxygen atoms in total. The number of benzene rings is 2. The van der Waals surface area contributed by atoms with Crippen LogP contribution in [0.4, 0.5) is 0 Å². The minimum atomic E-state index is 0.563. The summed E-state index contributed by atoms with van der Waals surface area (Å²) >= 11 is 8.03. The maximum Gasteiger partial charge on any atom is 0.0548 e. The first-order chi connectivity index (χ1) is 9.60. The molecule has 0 atom stereocenters. The molecule has 0 fully saturated rings. The lowest BCUT2D eigenvalue weighted by atomic mass is 10.0. The van der Waals surface area contributed by atoms with Crippen LogP contribution >= 0.6 is 23.4 Å². The SMILES string of the molecule is CC(C)c1ccc(Sc2ccc(CCN)cc2Cl)cc1. The Morgan fingerprint density at radius 2 is 1.80 bits per heavy atom. The molecule has 0 aromatic heterocycles. The highest BCUT2D eigenvalue weighted by Crippen LogP contribution is 2.34. The van der Waals surface area contributed by atoms with Crippen LogP contribution in [0.15, 0.2) is 52.3 Å². The molecule has 0 aliphatic heterocycles. The molecule has 2 aromatic rings. The number of hydrogen-bond donors (Lipinski definition) is 1. The highest BCUT2D eigenvalue weighted by atomic mass is 35.5. The molecule has 0 spiro atoms. The van der Waals surface area contributed by atoms with E-state index in [4.69, 9.17) is 17.3 Å². The van der Waals surface area contributed by atoms with Gasteiger partial charge in [0.15, 0.2) is 0 Å². The highest BCUT2D eigenvalue weighted by Gasteiger charge is 2.05. The van der Waals surface area contributed by atoms with E-state index >= 15 is 0 Å². The second kappa shape index (κ2) is 7.16. The van der Waals surface area contributed by atoms with Gasteiger partial charge in [-0.3, -0.25) is 0 Å². The summed E-state index contributed by atoms with van der Waals surface area (Å²) in [4.78, 5) is 2.30. The van der Waals surface area contributed by atoms with E-state index in [1.807, 2.05) is 6.07 Å². The summed E-state index contributed by atoms with van der Waals surface area (Å²) in [7, 11) is 0. The normalized spacial score (nSPS) is 11.1. The average molecular weight is 306 g/mol. The fraction of sp³-hybridized carbons (Fsp3) is 0.294. The van der Waals surface area contributed by atoms with Gasteiger partial charge in [0, 0.05) is 9.79 Å². The maximum atomic E-state index is 6.34. The molecule has 0 radical (unpaired) electrons. The quantitative estimate of drug-likeness (QED) is 0.830. The molecule has 0 heterocycles. The van der Waals surface area contributed by atoms with Gasteiger partial charge in [-0.1, -0.05) is 55.4 Å². The first-order valence-corrected chi connectivity index (χ1v) is 8.06. The second-order valence-electron chi connectivity index (χ2n) is 5.13. The molecule has 0 aliphatic carbocycles. The van der Waals surface area contributed by atoms with Gasteiger partial charge in [0.2, 0.25) is 0 Å². The van der Waals surface area contributed by atoms with Crippen molar-refractivity contribution in [1.82, 2.24) is 0 Å². The number of nitrogens with two attached hydrogens (primary N) is 1. The predicted octanol–water partition coefficient (Wildman–Crippen LogP) is 5.12. The van der Waals surface area contributed by atoms with E-state index in [1.165, 1.54) is 16.0 Å².